The van der Waals surface area contributed by atoms with Crippen molar-refractivity contribution < 1.29 is 14.3 Å². The van der Waals surface area contributed by atoms with E-state index in [4.69, 9.17) is 26.1 Å². The predicted molar refractivity (Wildman–Crippen MR) is 170 cm³/mol. The molecule has 1 aliphatic rings. The van der Waals surface area contributed by atoms with Crippen molar-refractivity contribution in [3.63, 3.8) is 0 Å². The summed E-state index contributed by atoms with van der Waals surface area (Å²) < 4.78 is 15.3. The first-order valence-electron chi connectivity index (χ1n) is 13.9. The highest BCUT2D eigenvalue weighted by molar-refractivity contribution is 7.07. The van der Waals surface area contributed by atoms with E-state index in [1.54, 1.807) is 32.4 Å². The van der Waals surface area contributed by atoms with Crippen molar-refractivity contribution in [2.75, 3.05) is 7.11 Å². The molecule has 1 atom stereocenters. The quantitative estimate of drug-likeness (QED) is 0.216. The fourth-order valence-electron chi connectivity index (χ4n) is 5.41. The SMILES string of the molecule is COc1ccc([C@@H]2C(C(=O)OC(C)C)=C(C)N=c3s/c(=C/c4cn(Cc5ccc(Cl)cc5)c5ccccc45)c(=O)n32)cc1. The number of carbonyl (C=O) groups is 1. The molecule has 0 N–H and O–H groups in total. The minimum Gasteiger partial charge on any atom is -0.497 e. The summed E-state index contributed by atoms with van der Waals surface area (Å²) in [4.78, 5) is 32.8. The fraction of sp³-hybridized carbons (Fsp3) is 0.206. The van der Waals surface area contributed by atoms with Crippen molar-refractivity contribution in [1.82, 2.24) is 9.13 Å². The number of nitrogens with zero attached hydrogens (tertiary/aromatic N) is 3. The summed E-state index contributed by atoms with van der Waals surface area (Å²) in [6.45, 7) is 6.04. The van der Waals surface area contributed by atoms with Crippen LogP contribution in [0.4, 0.5) is 0 Å². The van der Waals surface area contributed by atoms with E-state index >= 15 is 0 Å². The van der Waals surface area contributed by atoms with Crippen LogP contribution in [0.15, 0.2) is 100 Å². The molecule has 0 fully saturated rings. The fourth-order valence-corrected chi connectivity index (χ4v) is 6.57. The second-order valence-corrected chi connectivity index (χ2v) is 12.1. The molecule has 0 radical (unpaired) electrons. The highest BCUT2D eigenvalue weighted by Gasteiger charge is 2.33. The molecule has 9 heteroatoms. The average molecular weight is 612 g/mol. The minimum atomic E-state index is -0.693. The number of thiazole rings is 1. The number of carbonyl (C=O) groups excluding carboxylic acids is 1. The molecule has 0 saturated carbocycles. The van der Waals surface area contributed by atoms with Crippen LogP contribution in [0.25, 0.3) is 17.0 Å². The molecule has 0 saturated heterocycles. The van der Waals surface area contributed by atoms with Crippen LogP contribution >= 0.6 is 22.9 Å². The summed E-state index contributed by atoms with van der Waals surface area (Å²) in [6.07, 6.45) is 3.66. The first-order chi connectivity index (χ1) is 20.7. The molecule has 0 unspecified atom stereocenters. The van der Waals surface area contributed by atoms with Crippen molar-refractivity contribution in [3.8, 4) is 5.75 Å². The van der Waals surface area contributed by atoms with E-state index in [1.807, 2.05) is 66.7 Å². The van der Waals surface area contributed by atoms with Gasteiger partial charge in [-0.15, -0.1) is 0 Å². The van der Waals surface area contributed by atoms with Gasteiger partial charge in [0.25, 0.3) is 5.56 Å². The predicted octanol–water partition coefficient (Wildman–Crippen LogP) is 5.85. The molecule has 0 aliphatic carbocycles. The van der Waals surface area contributed by atoms with Gasteiger partial charge < -0.3 is 14.0 Å². The van der Waals surface area contributed by atoms with Crippen LogP contribution in [0.3, 0.4) is 0 Å². The van der Waals surface area contributed by atoms with Crippen molar-refractivity contribution in [1.29, 1.82) is 0 Å². The molecule has 3 aromatic carbocycles. The summed E-state index contributed by atoms with van der Waals surface area (Å²) in [6, 6.07) is 22.6. The summed E-state index contributed by atoms with van der Waals surface area (Å²) in [5.74, 6) is 0.190. The van der Waals surface area contributed by atoms with E-state index < -0.39 is 12.0 Å². The second-order valence-electron chi connectivity index (χ2n) is 10.7. The number of benzene rings is 3. The lowest BCUT2D eigenvalue weighted by atomic mass is 9.96. The highest BCUT2D eigenvalue weighted by atomic mass is 35.5. The standard InChI is InChI=1S/C34H30ClN3O4S/c1-20(2)42-33(40)30-21(3)36-34-38(31(30)23-11-15-26(41-4)16-12-23)32(39)29(43-34)17-24-19-37(28-8-6-5-7-27(24)28)18-22-9-13-25(35)14-10-22/h5-17,19-20,31H,18H2,1-4H3/b29-17+/t31-/m1/s1. The summed E-state index contributed by atoms with van der Waals surface area (Å²) >= 11 is 7.41. The van der Waals surface area contributed by atoms with Gasteiger partial charge in [-0.2, -0.15) is 0 Å². The Balaban J connectivity index is 1.50. The maximum atomic E-state index is 14.2. The lowest BCUT2D eigenvalue weighted by molar-refractivity contribution is -0.143. The Bertz CT molecular complexity index is 2050. The monoisotopic (exact) mass is 611 g/mol. The molecule has 7 nitrogen and oxygen atoms in total. The van der Waals surface area contributed by atoms with Crippen LogP contribution in [-0.2, 0) is 16.1 Å². The van der Waals surface area contributed by atoms with E-state index in [0.717, 1.165) is 27.6 Å². The number of allylic oxidation sites excluding steroid dienone is 1. The van der Waals surface area contributed by atoms with E-state index in [0.29, 0.717) is 37.9 Å². The Hall–Kier alpha value is -4.40. The first kappa shape index (κ1) is 28.7. The number of hydrogen-bond acceptors (Lipinski definition) is 6. The second kappa shape index (κ2) is 11.7. The normalized spacial score (nSPS) is 15.1. The Morgan fingerprint density at radius 2 is 1.79 bits per heavy atom. The van der Waals surface area contributed by atoms with Crippen molar-refractivity contribution in [2.45, 2.75) is 39.5 Å². The van der Waals surface area contributed by atoms with E-state index in [2.05, 4.69) is 22.9 Å². The molecule has 1 aliphatic heterocycles. The zero-order valence-corrected chi connectivity index (χ0v) is 25.8. The van der Waals surface area contributed by atoms with E-state index in [1.165, 1.54) is 11.3 Å². The van der Waals surface area contributed by atoms with Gasteiger partial charge in [-0.3, -0.25) is 9.36 Å². The van der Waals surface area contributed by atoms with Gasteiger partial charge >= 0.3 is 5.97 Å². The summed E-state index contributed by atoms with van der Waals surface area (Å²) in [5.41, 5.74) is 4.51. The van der Waals surface area contributed by atoms with Crippen molar-refractivity contribution in [3.05, 3.63) is 132 Å². The van der Waals surface area contributed by atoms with Gasteiger partial charge in [0.05, 0.1) is 35.1 Å². The average Bonchev–Trinajstić information content (AvgIpc) is 3.49. The molecule has 0 bridgehead atoms. The van der Waals surface area contributed by atoms with Crippen LogP contribution in [0.1, 0.15) is 43.5 Å². The van der Waals surface area contributed by atoms with Gasteiger partial charge in [-0.1, -0.05) is 65.4 Å². The van der Waals surface area contributed by atoms with Crippen LogP contribution in [-0.4, -0.2) is 28.3 Å². The van der Waals surface area contributed by atoms with Crippen LogP contribution in [0, 0.1) is 0 Å². The third-order valence-electron chi connectivity index (χ3n) is 7.39. The molecule has 2 aromatic heterocycles. The Labute approximate surface area is 257 Å². The minimum absolute atomic E-state index is 0.221. The third-order valence-corrected chi connectivity index (χ3v) is 8.62. The largest absolute Gasteiger partial charge is 0.497 e. The molecule has 0 amide bonds. The molecule has 3 heterocycles. The van der Waals surface area contributed by atoms with Crippen LogP contribution < -0.4 is 19.6 Å². The van der Waals surface area contributed by atoms with Crippen molar-refractivity contribution in [2.24, 2.45) is 4.99 Å². The molecular formula is C34H30ClN3O4S. The number of halogens is 1. The Kier molecular flexibility index (Phi) is 7.81. The number of ether oxygens (including phenoxy) is 2. The molecule has 5 aromatic rings. The molecule has 43 heavy (non-hydrogen) atoms. The number of para-hydroxylation sites is 1. The molecule has 6 rings (SSSR count). The zero-order chi connectivity index (χ0) is 30.2. The highest BCUT2D eigenvalue weighted by Crippen LogP contribution is 2.32. The number of methoxy groups -OCH3 is 1. The van der Waals surface area contributed by atoms with E-state index in [-0.39, 0.29) is 11.7 Å². The number of hydrogen-bond donors (Lipinski definition) is 0. The molecule has 0 spiro atoms. The smallest absolute Gasteiger partial charge is 0.338 e. The summed E-state index contributed by atoms with van der Waals surface area (Å²) in [5, 5.41) is 1.73. The topological polar surface area (TPSA) is 74.8 Å². The van der Waals surface area contributed by atoms with Gasteiger partial charge in [-0.25, -0.2) is 9.79 Å². The number of fused-ring (bicyclic) bond motifs is 2. The Morgan fingerprint density at radius 1 is 1.07 bits per heavy atom. The van der Waals surface area contributed by atoms with Crippen LogP contribution in [0.2, 0.25) is 5.02 Å². The maximum Gasteiger partial charge on any atom is 0.338 e. The first-order valence-corrected chi connectivity index (χ1v) is 15.1. The van der Waals surface area contributed by atoms with Gasteiger partial charge in [0.2, 0.25) is 0 Å². The van der Waals surface area contributed by atoms with Gasteiger partial charge in [0.1, 0.15) is 5.75 Å². The number of rotatable bonds is 7. The maximum absolute atomic E-state index is 14.2. The third kappa shape index (κ3) is 5.56. The number of esters is 1. The van der Waals surface area contributed by atoms with Gasteiger partial charge in [-0.05, 0) is 68.3 Å². The lowest BCUT2D eigenvalue weighted by Crippen LogP contribution is -2.40. The summed E-state index contributed by atoms with van der Waals surface area (Å²) in [7, 11) is 1.60. The Morgan fingerprint density at radius 3 is 2.49 bits per heavy atom. The van der Waals surface area contributed by atoms with Gasteiger partial charge in [0.15, 0.2) is 4.80 Å². The lowest BCUT2D eigenvalue weighted by Gasteiger charge is -2.25. The van der Waals surface area contributed by atoms with Crippen LogP contribution in [0.5, 0.6) is 5.75 Å². The molecule has 218 valence electrons. The van der Waals surface area contributed by atoms with Gasteiger partial charge in [0, 0.05) is 34.2 Å². The van der Waals surface area contributed by atoms with E-state index in [9.17, 15) is 9.59 Å². The van der Waals surface area contributed by atoms with Crippen molar-refractivity contribution >= 4 is 45.9 Å². The number of aromatic nitrogens is 2. The zero-order valence-electron chi connectivity index (χ0n) is 24.2. The molecular weight excluding hydrogens is 582 g/mol.